The largest absolute Gasteiger partial charge is 0.466 e. The Hall–Kier alpha value is -2.69. The van der Waals surface area contributed by atoms with Gasteiger partial charge in [0.2, 0.25) is 0 Å². The fourth-order valence-electron chi connectivity index (χ4n) is 7.32. The van der Waals surface area contributed by atoms with Crippen molar-refractivity contribution in [2.75, 3.05) is 53.7 Å². The molecule has 0 amide bonds. The van der Waals surface area contributed by atoms with Gasteiger partial charge in [0.25, 0.3) is 0 Å². The molecule has 0 fully saturated rings. The molecule has 2 unspecified atom stereocenters. The second-order valence-corrected chi connectivity index (χ2v) is 17.7. The SMILES string of the molecule is CCCCCCCOC(=O)CCCCC(=O)OCC(COC(=O)CCN(C)C)(COC(=O)CC(CCC)CCCCCCC)COC(=O)CC(CCC)CCCCCCC. The minimum Gasteiger partial charge on any atom is -0.466 e. The lowest BCUT2D eigenvalue weighted by Crippen LogP contribution is -2.44. The predicted molar refractivity (Wildman–Crippen MR) is 240 cm³/mol. The average molecular weight is 854 g/mol. The van der Waals surface area contributed by atoms with Crippen LogP contribution in [-0.4, -0.2) is 88.4 Å². The van der Waals surface area contributed by atoms with Gasteiger partial charge in [-0.3, -0.25) is 24.0 Å². The lowest BCUT2D eigenvalue weighted by molar-refractivity contribution is -0.171. The zero-order chi connectivity index (χ0) is 44.7. The van der Waals surface area contributed by atoms with Crippen LogP contribution in [0, 0.1) is 17.3 Å². The van der Waals surface area contributed by atoms with Gasteiger partial charge in [-0.25, -0.2) is 0 Å². The first-order chi connectivity index (χ1) is 28.9. The third-order valence-corrected chi connectivity index (χ3v) is 11.2. The Bertz CT molecular complexity index is 1050. The van der Waals surface area contributed by atoms with E-state index in [1.54, 1.807) is 0 Å². The van der Waals surface area contributed by atoms with Crippen LogP contribution in [0.4, 0.5) is 0 Å². The molecule has 11 heteroatoms. The van der Waals surface area contributed by atoms with Gasteiger partial charge in [0.05, 0.1) is 13.0 Å². The van der Waals surface area contributed by atoms with E-state index < -0.39 is 17.4 Å². The van der Waals surface area contributed by atoms with Crippen molar-refractivity contribution in [3.8, 4) is 0 Å². The van der Waals surface area contributed by atoms with Crippen LogP contribution in [0.3, 0.4) is 0 Å². The smallest absolute Gasteiger partial charge is 0.307 e. The number of carbonyl (C=O) groups excluding carboxylic acids is 5. The molecule has 0 N–H and O–H groups in total. The topological polar surface area (TPSA) is 135 Å². The molecular formula is C49H91NO10. The normalized spacial score (nSPS) is 13.3. The Morgan fingerprint density at radius 2 is 0.767 bits per heavy atom. The highest BCUT2D eigenvalue weighted by Gasteiger charge is 2.38. The summed E-state index contributed by atoms with van der Waals surface area (Å²) in [6.45, 7) is 10.6. The minimum atomic E-state index is -1.31. The first-order valence-electron chi connectivity index (χ1n) is 24.4. The van der Waals surface area contributed by atoms with Crippen molar-refractivity contribution in [1.29, 1.82) is 0 Å². The van der Waals surface area contributed by atoms with Crippen molar-refractivity contribution in [1.82, 2.24) is 4.90 Å². The van der Waals surface area contributed by atoms with Gasteiger partial charge in [-0.05, 0) is 58.0 Å². The molecule has 0 aliphatic carbocycles. The van der Waals surface area contributed by atoms with Crippen molar-refractivity contribution in [2.45, 2.75) is 214 Å². The number of ether oxygens (including phenoxy) is 5. The number of nitrogens with zero attached hydrogens (tertiary/aromatic N) is 1. The number of esters is 5. The van der Waals surface area contributed by atoms with Crippen LogP contribution < -0.4 is 0 Å². The molecule has 2 atom stereocenters. The standard InChI is InChI=1S/C49H91NO10/c1-8-13-16-19-22-29-42(27-11-4)36-47(54)59-40-49(39-58-46(53)33-34-50(6)7,41-60-48(55)37-43(28-12-5)30-23-20-17-14-9-2)38-57-45(52)32-25-24-31-44(51)56-35-26-21-18-15-10-3/h42-43H,8-41H2,1-7H3. The number of hydrogen-bond acceptors (Lipinski definition) is 11. The van der Waals surface area contributed by atoms with Gasteiger partial charge >= 0.3 is 29.8 Å². The molecular weight excluding hydrogens is 763 g/mol. The summed E-state index contributed by atoms with van der Waals surface area (Å²) in [4.78, 5) is 67.0. The molecule has 11 nitrogen and oxygen atoms in total. The van der Waals surface area contributed by atoms with Crippen molar-refractivity contribution in [2.24, 2.45) is 17.3 Å². The maximum atomic E-state index is 13.5. The lowest BCUT2D eigenvalue weighted by atomic mass is 9.91. The van der Waals surface area contributed by atoms with E-state index in [1.165, 1.54) is 44.9 Å². The Morgan fingerprint density at radius 3 is 1.17 bits per heavy atom. The Kier molecular flexibility index (Phi) is 37.4. The summed E-state index contributed by atoms with van der Waals surface area (Å²) in [7, 11) is 3.73. The fourth-order valence-corrected chi connectivity index (χ4v) is 7.32. The minimum absolute atomic E-state index is 0.0660. The van der Waals surface area contributed by atoms with Crippen LogP contribution in [0.1, 0.15) is 214 Å². The Balaban J connectivity index is 5.92. The number of unbranched alkanes of at least 4 members (excludes halogenated alkanes) is 13. The average Bonchev–Trinajstić information content (AvgIpc) is 3.22. The van der Waals surface area contributed by atoms with Crippen LogP contribution in [0.25, 0.3) is 0 Å². The Morgan fingerprint density at radius 1 is 0.400 bits per heavy atom. The van der Waals surface area contributed by atoms with Crippen LogP contribution in [0.2, 0.25) is 0 Å². The Labute approximate surface area is 366 Å². The van der Waals surface area contributed by atoms with Gasteiger partial charge in [0.15, 0.2) is 0 Å². The predicted octanol–water partition coefficient (Wildman–Crippen LogP) is 11.5. The highest BCUT2D eigenvalue weighted by atomic mass is 16.6. The second-order valence-electron chi connectivity index (χ2n) is 17.7. The fraction of sp³-hybridized carbons (Fsp3) is 0.898. The molecule has 0 saturated carbocycles. The molecule has 0 heterocycles. The van der Waals surface area contributed by atoms with Gasteiger partial charge in [0.1, 0.15) is 31.8 Å². The molecule has 0 spiro atoms. The molecule has 0 aliphatic heterocycles. The second kappa shape index (κ2) is 39.2. The number of hydrogen-bond donors (Lipinski definition) is 0. The third kappa shape index (κ3) is 34.0. The molecule has 0 saturated heterocycles. The van der Waals surface area contributed by atoms with E-state index >= 15 is 0 Å². The highest BCUT2D eigenvalue weighted by molar-refractivity contribution is 5.72. The molecule has 0 rings (SSSR count). The number of rotatable bonds is 42. The summed E-state index contributed by atoms with van der Waals surface area (Å²) < 4.78 is 28.8. The van der Waals surface area contributed by atoms with Crippen molar-refractivity contribution >= 4 is 29.8 Å². The lowest BCUT2D eigenvalue weighted by Gasteiger charge is -2.32. The molecule has 0 radical (unpaired) electrons. The monoisotopic (exact) mass is 854 g/mol. The van der Waals surface area contributed by atoms with Gasteiger partial charge in [-0.2, -0.15) is 0 Å². The van der Waals surface area contributed by atoms with Crippen LogP contribution in [0.15, 0.2) is 0 Å². The summed E-state index contributed by atoms with van der Waals surface area (Å²) >= 11 is 0. The van der Waals surface area contributed by atoms with Crippen molar-refractivity contribution < 1.29 is 47.7 Å². The van der Waals surface area contributed by atoms with Crippen molar-refractivity contribution in [3.63, 3.8) is 0 Å². The van der Waals surface area contributed by atoms with E-state index in [4.69, 9.17) is 23.7 Å². The highest BCUT2D eigenvalue weighted by Crippen LogP contribution is 2.26. The van der Waals surface area contributed by atoms with Crippen molar-refractivity contribution in [3.05, 3.63) is 0 Å². The van der Waals surface area contributed by atoms with Gasteiger partial charge in [0, 0.05) is 32.2 Å². The summed E-state index contributed by atoms with van der Waals surface area (Å²) in [6, 6.07) is 0. The van der Waals surface area contributed by atoms with Gasteiger partial charge in [-0.15, -0.1) is 0 Å². The van der Waals surface area contributed by atoms with E-state index in [0.29, 0.717) is 26.0 Å². The molecule has 0 aromatic rings. The molecule has 0 aromatic carbocycles. The molecule has 0 bridgehead atoms. The van der Waals surface area contributed by atoms with Crippen LogP contribution >= 0.6 is 0 Å². The summed E-state index contributed by atoms with van der Waals surface area (Å²) in [5.74, 6) is -1.59. The van der Waals surface area contributed by atoms with Crippen LogP contribution in [0.5, 0.6) is 0 Å². The quantitative estimate of drug-likeness (QED) is 0.0330. The van der Waals surface area contributed by atoms with E-state index in [2.05, 4.69) is 34.6 Å². The van der Waals surface area contributed by atoms with E-state index in [0.717, 1.165) is 89.9 Å². The van der Waals surface area contributed by atoms with E-state index in [1.807, 2.05) is 19.0 Å². The molecule has 352 valence electrons. The molecule has 0 aromatic heterocycles. The summed E-state index contributed by atoms with van der Waals surface area (Å²) in [5.41, 5.74) is -1.31. The van der Waals surface area contributed by atoms with Crippen LogP contribution in [-0.2, 0) is 47.7 Å². The third-order valence-electron chi connectivity index (χ3n) is 11.2. The zero-order valence-electron chi connectivity index (χ0n) is 39.7. The zero-order valence-corrected chi connectivity index (χ0v) is 39.7. The molecule has 60 heavy (non-hydrogen) atoms. The first kappa shape index (κ1) is 57.3. The van der Waals surface area contributed by atoms with Gasteiger partial charge in [-0.1, -0.05) is 150 Å². The van der Waals surface area contributed by atoms with Gasteiger partial charge < -0.3 is 28.6 Å². The maximum Gasteiger partial charge on any atom is 0.307 e. The maximum absolute atomic E-state index is 13.5. The van der Waals surface area contributed by atoms with E-state index in [9.17, 15) is 24.0 Å². The number of carbonyl (C=O) groups is 5. The first-order valence-corrected chi connectivity index (χ1v) is 24.4. The van der Waals surface area contributed by atoms with E-state index in [-0.39, 0.29) is 88.3 Å². The summed E-state index contributed by atoms with van der Waals surface area (Å²) in [5, 5.41) is 0. The molecule has 0 aliphatic rings. The summed E-state index contributed by atoms with van der Waals surface area (Å²) in [6.07, 6.45) is 24.5.